The second-order valence-electron chi connectivity index (χ2n) is 6.87. The van der Waals surface area contributed by atoms with E-state index >= 15 is 0 Å². The first kappa shape index (κ1) is 18.9. The van der Waals surface area contributed by atoms with Gasteiger partial charge in [-0.05, 0) is 78.0 Å². The second kappa shape index (κ2) is 9.77. The summed E-state index contributed by atoms with van der Waals surface area (Å²) < 4.78 is 0. The van der Waals surface area contributed by atoms with Crippen molar-refractivity contribution in [2.24, 2.45) is 11.8 Å². The number of likely N-dealkylation sites (tertiary alicyclic amines) is 1. The quantitative estimate of drug-likeness (QED) is 0.687. The van der Waals surface area contributed by atoms with Gasteiger partial charge in [0.15, 0.2) is 0 Å². The number of hydrogen-bond donors (Lipinski definition) is 0. The van der Waals surface area contributed by atoms with E-state index in [1.54, 1.807) is 0 Å². The minimum Gasteiger partial charge on any atom is -0.306 e. The summed E-state index contributed by atoms with van der Waals surface area (Å²) >= 11 is 0. The predicted octanol–water partition coefficient (Wildman–Crippen LogP) is 4.11. The molecule has 116 valence electrons. The zero-order valence-electron chi connectivity index (χ0n) is 13.3. The minimum atomic E-state index is 0. The van der Waals surface area contributed by atoms with Crippen LogP contribution in [0.4, 0.5) is 0 Å². The van der Waals surface area contributed by atoms with Gasteiger partial charge in [0.05, 0.1) is 0 Å². The van der Waals surface area contributed by atoms with E-state index in [2.05, 4.69) is 44.5 Å². The fraction of sp³-hybridized carbons (Fsp3) is 1.00. The zero-order valence-corrected chi connectivity index (χ0v) is 13.3. The van der Waals surface area contributed by atoms with Gasteiger partial charge in [0.2, 0.25) is 0 Å². The standard InChI is InChI=1S/C16H34N2.CH4/c1-14(2)13-17(5)10-6-7-16-8-11-18(12-9-16)15(3)4;/h14-16H,6-13H2,1-5H3;1H4. The smallest absolute Gasteiger partial charge is 0.00385 e. The van der Waals surface area contributed by atoms with Crippen LogP contribution in [-0.2, 0) is 0 Å². The van der Waals surface area contributed by atoms with Crippen molar-refractivity contribution in [2.45, 2.75) is 66.8 Å². The fourth-order valence-corrected chi connectivity index (χ4v) is 3.12. The maximum absolute atomic E-state index is 2.63. The molecule has 0 spiro atoms. The van der Waals surface area contributed by atoms with Crippen LogP contribution in [0.15, 0.2) is 0 Å². The van der Waals surface area contributed by atoms with Gasteiger partial charge in [-0.3, -0.25) is 0 Å². The molecule has 1 rings (SSSR count). The van der Waals surface area contributed by atoms with E-state index in [1.165, 1.54) is 51.9 Å². The molecule has 0 aromatic heterocycles. The Morgan fingerprint density at radius 3 is 2.16 bits per heavy atom. The van der Waals surface area contributed by atoms with Gasteiger partial charge < -0.3 is 9.80 Å². The van der Waals surface area contributed by atoms with E-state index in [1.807, 2.05) is 0 Å². The van der Waals surface area contributed by atoms with Crippen molar-refractivity contribution in [3.63, 3.8) is 0 Å². The van der Waals surface area contributed by atoms with Gasteiger partial charge in [0.25, 0.3) is 0 Å². The van der Waals surface area contributed by atoms with Crippen LogP contribution in [0.2, 0.25) is 0 Å². The molecule has 0 amide bonds. The molecule has 2 heteroatoms. The van der Waals surface area contributed by atoms with Gasteiger partial charge in [-0.1, -0.05) is 21.3 Å². The first-order valence-electron chi connectivity index (χ1n) is 7.91. The van der Waals surface area contributed by atoms with Crippen LogP contribution in [-0.4, -0.2) is 49.1 Å². The molecule has 0 N–H and O–H groups in total. The summed E-state index contributed by atoms with van der Waals surface area (Å²) in [6.45, 7) is 14.4. The van der Waals surface area contributed by atoms with Crippen LogP contribution in [0.5, 0.6) is 0 Å². The van der Waals surface area contributed by atoms with E-state index in [4.69, 9.17) is 0 Å². The summed E-state index contributed by atoms with van der Waals surface area (Å²) in [7, 11) is 2.27. The molecule has 0 saturated carbocycles. The predicted molar refractivity (Wildman–Crippen MR) is 87.7 cm³/mol. The molecule has 0 radical (unpaired) electrons. The molecule has 0 aliphatic carbocycles. The van der Waals surface area contributed by atoms with Crippen molar-refractivity contribution in [3.8, 4) is 0 Å². The Morgan fingerprint density at radius 2 is 1.68 bits per heavy atom. The highest BCUT2D eigenvalue weighted by atomic mass is 15.1. The molecule has 1 aliphatic heterocycles. The van der Waals surface area contributed by atoms with Gasteiger partial charge in [-0.25, -0.2) is 0 Å². The lowest BCUT2D eigenvalue weighted by Gasteiger charge is -2.34. The highest BCUT2D eigenvalue weighted by Gasteiger charge is 2.20. The van der Waals surface area contributed by atoms with E-state index < -0.39 is 0 Å². The SMILES string of the molecule is C.CC(C)CN(C)CCCC1CCN(C(C)C)CC1. The van der Waals surface area contributed by atoms with Crippen LogP contribution in [0.25, 0.3) is 0 Å². The molecule has 1 saturated heterocycles. The summed E-state index contributed by atoms with van der Waals surface area (Å²) in [5.74, 6) is 1.79. The first-order valence-corrected chi connectivity index (χ1v) is 7.91. The Bertz CT molecular complexity index is 205. The molecule has 19 heavy (non-hydrogen) atoms. The molecule has 0 aromatic carbocycles. The normalized spacial score (nSPS) is 18.3. The molecule has 0 atom stereocenters. The lowest BCUT2D eigenvalue weighted by molar-refractivity contribution is 0.142. The molecule has 2 nitrogen and oxygen atoms in total. The van der Waals surface area contributed by atoms with Crippen LogP contribution >= 0.6 is 0 Å². The van der Waals surface area contributed by atoms with Crippen LogP contribution in [0, 0.1) is 11.8 Å². The Kier molecular flexibility index (Phi) is 9.72. The fourth-order valence-electron chi connectivity index (χ4n) is 3.12. The van der Waals surface area contributed by atoms with Crippen molar-refractivity contribution in [2.75, 3.05) is 33.2 Å². The lowest BCUT2D eigenvalue weighted by atomic mass is 9.91. The highest BCUT2D eigenvalue weighted by Crippen LogP contribution is 2.23. The largest absolute Gasteiger partial charge is 0.306 e. The molecule has 1 fully saturated rings. The zero-order chi connectivity index (χ0) is 13.5. The van der Waals surface area contributed by atoms with Crippen LogP contribution < -0.4 is 0 Å². The number of piperidine rings is 1. The number of hydrogen-bond acceptors (Lipinski definition) is 2. The Labute approximate surface area is 122 Å². The van der Waals surface area contributed by atoms with Crippen molar-refractivity contribution in [3.05, 3.63) is 0 Å². The average Bonchev–Trinajstić information content (AvgIpc) is 2.28. The molecule has 1 aliphatic rings. The van der Waals surface area contributed by atoms with Gasteiger partial charge in [0.1, 0.15) is 0 Å². The third-order valence-electron chi connectivity index (χ3n) is 4.21. The molecule has 0 unspecified atom stereocenters. The Balaban J connectivity index is 0.00000324. The van der Waals surface area contributed by atoms with Gasteiger partial charge in [0, 0.05) is 12.6 Å². The van der Waals surface area contributed by atoms with Crippen LogP contribution in [0.1, 0.15) is 60.8 Å². The van der Waals surface area contributed by atoms with E-state index in [-0.39, 0.29) is 7.43 Å². The lowest BCUT2D eigenvalue weighted by Crippen LogP contribution is -2.38. The van der Waals surface area contributed by atoms with E-state index in [9.17, 15) is 0 Å². The average molecular weight is 271 g/mol. The van der Waals surface area contributed by atoms with Crippen molar-refractivity contribution < 1.29 is 0 Å². The molecular weight excluding hydrogens is 232 g/mol. The maximum atomic E-state index is 2.63. The second-order valence-corrected chi connectivity index (χ2v) is 6.87. The maximum Gasteiger partial charge on any atom is 0.00385 e. The summed E-state index contributed by atoms with van der Waals surface area (Å²) in [4.78, 5) is 5.12. The van der Waals surface area contributed by atoms with Crippen molar-refractivity contribution in [1.82, 2.24) is 9.80 Å². The minimum absolute atomic E-state index is 0. The molecule has 0 aromatic rings. The van der Waals surface area contributed by atoms with Gasteiger partial charge in [-0.15, -0.1) is 0 Å². The first-order chi connectivity index (χ1) is 8.49. The molecular formula is C17H38N2. The van der Waals surface area contributed by atoms with E-state index in [0.29, 0.717) is 0 Å². The third-order valence-corrected chi connectivity index (χ3v) is 4.21. The third kappa shape index (κ3) is 7.94. The van der Waals surface area contributed by atoms with Gasteiger partial charge in [-0.2, -0.15) is 0 Å². The summed E-state index contributed by atoms with van der Waals surface area (Å²) in [6.07, 6.45) is 5.67. The van der Waals surface area contributed by atoms with Crippen LogP contribution in [0.3, 0.4) is 0 Å². The number of nitrogens with zero attached hydrogens (tertiary/aromatic N) is 2. The van der Waals surface area contributed by atoms with Crippen molar-refractivity contribution in [1.29, 1.82) is 0 Å². The molecule has 0 bridgehead atoms. The molecule has 1 heterocycles. The Hall–Kier alpha value is -0.0800. The topological polar surface area (TPSA) is 6.48 Å². The van der Waals surface area contributed by atoms with E-state index in [0.717, 1.165) is 17.9 Å². The van der Waals surface area contributed by atoms with Gasteiger partial charge >= 0.3 is 0 Å². The highest BCUT2D eigenvalue weighted by molar-refractivity contribution is 4.74. The summed E-state index contributed by atoms with van der Waals surface area (Å²) in [6, 6.07) is 0.739. The Morgan fingerprint density at radius 1 is 1.11 bits per heavy atom. The monoisotopic (exact) mass is 270 g/mol. The summed E-state index contributed by atoms with van der Waals surface area (Å²) in [5, 5.41) is 0. The van der Waals surface area contributed by atoms with Crippen molar-refractivity contribution >= 4 is 0 Å². The number of rotatable bonds is 7. The summed E-state index contributed by atoms with van der Waals surface area (Å²) in [5.41, 5.74) is 0.